The summed E-state index contributed by atoms with van der Waals surface area (Å²) in [6.45, 7) is 8.70. The topological polar surface area (TPSA) is 12.9 Å². The van der Waals surface area contributed by atoms with E-state index in [2.05, 4.69) is 37.9 Å². The summed E-state index contributed by atoms with van der Waals surface area (Å²) in [7, 11) is 0. The zero-order valence-corrected chi connectivity index (χ0v) is 8.39. The molecule has 0 aromatic carbocycles. The van der Waals surface area contributed by atoms with Crippen LogP contribution in [0.2, 0.25) is 0 Å². The number of aryl methyl sites for hydroxylation is 1. The molecule has 12 heavy (non-hydrogen) atoms. The lowest BCUT2D eigenvalue weighted by atomic mass is 9.86. The van der Waals surface area contributed by atoms with Gasteiger partial charge < -0.3 is 0 Å². The first-order chi connectivity index (χ1) is 5.56. The number of hydrogen-bond acceptors (Lipinski definition) is 1. The minimum absolute atomic E-state index is 0.214. The molecule has 0 fully saturated rings. The Balaban J connectivity index is 3.03. The van der Waals surface area contributed by atoms with Crippen LogP contribution in [0.4, 0.5) is 0 Å². The summed E-state index contributed by atoms with van der Waals surface area (Å²) < 4.78 is 0. The molecule has 0 atom stereocenters. The van der Waals surface area contributed by atoms with Gasteiger partial charge in [0.1, 0.15) is 0 Å². The Morgan fingerprint density at radius 1 is 1.33 bits per heavy atom. The quantitative estimate of drug-likeness (QED) is 0.653. The monoisotopic (exact) mass is 163 g/mol. The van der Waals surface area contributed by atoms with E-state index in [1.165, 1.54) is 5.69 Å². The van der Waals surface area contributed by atoms with Crippen LogP contribution in [0.25, 0.3) is 0 Å². The summed E-state index contributed by atoms with van der Waals surface area (Å²) in [4.78, 5) is 4.52. The molecule has 0 amide bonds. The minimum Gasteiger partial charge on any atom is -0.258 e. The van der Waals surface area contributed by atoms with E-state index >= 15 is 0 Å². The van der Waals surface area contributed by atoms with E-state index in [9.17, 15) is 0 Å². The molecule has 1 heterocycles. The van der Waals surface area contributed by atoms with Gasteiger partial charge in [0.05, 0.1) is 0 Å². The van der Waals surface area contributed by atoms with Crippen LogP contribution in [-0.2, 0) is 5.41 Å². The highest BCUT2D eigenvalue weighted by Crippen LogP contribution is 2.24. The third kappa shape index (κ3) is 1.84. The fourth-order valence-electron chi connectivity index (χ4n) is 1.10. The second-order valence-electron chi connectivity index (χ2n) is 3.90. The number of nitrogens with zero attached hydrogens (tertiary/aromatic N) is 1. The maximum absolute atomic E-state index is 4.52. The van der Waals surface area contributed by atoms with E-state index in [4.69, 9.17) is 0 Å². The number of rotatable bonds is 2. The van der Waals surface area contributed by atoms with Gasteiger partial charge in [-0.25, -0.2) is 0 Å². The van der Waals surface area contributed by atoms with E-state index < -0.39 is 0 Å². The molecule has 0 aliphatic carbocycles. The van der Waals surface area contributed by atoms with E-state index in [0.717, 1.165) is 12.1 Å². The van der Waals surface area contributed by atoms with Crippen molar-refractivity contribution in [1.29, 1.82) is 0 Å². The first kappa shape index (κ1) is 9.24. The smallest absolute Gasteiger partial charge is 0.0462 e. The fourth-order valence-corrected chi connectivity index (χ4v) is 1.10. The van der Waals surface area contributed by atoms with Crippen molar-refractivity contribution < 1.29 is 0 Å². The summed E-state index contributed by atoms with van der Waals surface area (Å²) in [6.07, 6.45) is 1.13. The van der Waals surface area contributed by atoms with Crippen LogP contribution in [0.5, 0.6) is 0 Å². The molecular weight excluding hydrogens is 146 g/mol. The Bertz CT molecular complexity index is 263. The lowest BCUT2D eigenvalue weighted by Gasteiger charge is -2.21. The van der Waals surface area contributed by atoms with Crippen LogP contribution in [0.1, 0.15) is 38.6 Å². The first-order valence-corrected chi connectivity index (χ1v) is 4.50. The number of pyridine rings is 1. The molecule has 0 spiro atoms. The average Bonchev–Trinajstić information content (AvgIpc) is 2.05. The van der Waals surface area contributed by atoms with Gasteiger partial charge >= 0.3 is 0 Å². The van der Waals surface area contributed by atoms with Crippen molar-refractivity contribution in [2.24, 2.45) is 0 Å². The van der Waals surface area contributed by atoms with Crippen molar-refractivity contribution in [3.05, 3.63) is 29.6 Å². The van der Waals surface area contributed by atoms with Gasteiger partial charge in [-0.2, -0.15) is 0 Å². The Hall–Kier alpha value is -0.850. The Kier molecular flexibility index (Phi) is 2.51. The maximum atomic E-state index is 4.52. The molecule has 1 aromatic heterocycles. The highest BCUT2D eigenvalue weighted by molar-refractivity contribution is 5.17. The van der Waals surface area contributed by atoms with Crippen LogP contribution in [0.15, 0.2) is 18.2 Å². The molecule has 1 rings (SSSR count). The molecule has 0 N–H and O–H groups in total. The van der Waals surface area contributed by atoms with E-state index in [-0.39, 0.29) is 5.41 Å². The molecule has 0 unspecified atom stereocenters. The van der Waals surface area contributed by atoms with Crippen molar-refractivity contribution in [1.82, 2.24) is 4.98 Å². The summed E-state index contributed by atoms with van der Waals surface area (Å²) in [5.74, 6) is 0. The van der Waals surface area contributed by atoms with Crippen LogP contribution >= 0.6 is 0 Å². The van der Waals surface area contributed by atoms with E-state index in [1.807, 2.05) is 13.0 Å². The second-order valence-corrected chi connectivity index (χ2v) is 3.90. The van der Waals surface area contributed by atoms with Crippen LogP contribution in [0.3, 0.4) is 0 Å². The molecule has 0 radical (unpaired) electrons. The average molecular weight is 163 g/mol. The van der Waals surface area contributed by atoms with Crippen molar-refractivity contribution in [3.8, 4) is 0 Å². The lowest BCUT2D eigenvalue weighted by molar-refractivity contribution is 0.489. The fraction of sp³-hybridized carbons (Fsp3) is 0.545. The summed E-state index contributed by atoms with van der Waals surface area (Å²) in [6, 6.07) is 6.22. The van der Waals surface area contributed by atoms with Crippen LogP contribution in [0, 0.1) is 6.92 Å². The summed E-state index contributed by atoms with van der Waals surface area (Å²) in [5, 5.41) is 0. The van der Waals surface area contributed by atoms with Gasteiger partial charge in [-0.1, -0.05) is 26.8 Å². The van der Waals surface area contributed by atoms with Crippen molar-refractivity contribution in [2.75, 3.05) is 0 Å². The third-order valence-corrected chi connectivity index (χ3v) is 2.47. The highest BCUT2D eigenvalue weighted by Gasteiger charge is 2.18. The molecule has 0 saturated carbocycles. The zero-order chi connectivity index (χ0) is 9.19. The maximum Gasteiger partial charge on any atom is 0.0462 e. The predicted octanol–water partition coefficient (Wildman–Crippen LogP) is 3.08. The number of aromatic nitrogens is 1. The van der Waals surface area contributed by atoms with Crippen molar-refractivity contribution in [3.63, 3.8) is 0 Å². The van der Waals surface area contributed by atoms with Gasteiger partial charge in [-0.15, -0.1) is 0 Å². The third-order valence-electron chi connectivity index (χ3n) is 2.47. The molecule has 1 aromatic rings. The SMILES string of the molecule is CCC(C)(C)c1cccc(C)n1. The van der Waals surface area contributed by atoms with Crippen LogP contribution in [-0.4, -0.2) is 4.98 Å². The largest absolute Gasteiger partial charge is 0.258 e. The second kappa shape index (κ2) is 3.26. The Labute approximate surface area is 74.8 Å². The first-order valence-electron chi connectivity index (χ1n) is 4.50. The van der Waals surface area contributed by atoms with Crippen molar-refractivity contribution in [2.45, 2.75) is 39.5 Å². The zero-order valence-electron chi connectivity index (χ0n) is 8.39. The standard InChI is InChI=1S/C11H17N/c1-5-11(3,4)10-8-6-7-9(2)12-10/h6-8H,5H2,1-4H3. The molecule has 0 bridgehead atoms. The molecule has 66 valence electrons. The molecular formula is C11H17N. The van der Waals surface area contributed by atoms with Gasteiger partial charge in [-0.05, 0) is 25.5 Å². The molecule has 0 saturated heterocycles. The van der Waals surface area contributed by atoms with E-state index in [1.54, 1.807) is 0 Å². The molecule has 1 heteroatoms. The highest BCUT2D eigenvalue weighted by atomic mass is 14.7. The number of hydrogen-bond donors (Lipinski definition) is 0. The molecule has 0 aliphatic rings. The van der Waals surface area contributed by atoms with Gasteiger partial charge in [0, 0.05) is 16.8 Å². The molecule has 0 aliphatic heterocycles. The van der Waals surface area contributed by atoms with Gasteiger partial charge in [0.15, 0.2) is 0 Å². The normalized spacial score (nSPS) is 11.7. The van der Waals surface area contributed by atoms with E-state index in [0.29, 0.717) is 0 Å². The molecule has 1 nitrogen and oxygen atoms in total. The van der Waals surface area contributed by atoms with Gasteiger partial charge in [-0.3, -0.25) is 4.98 Å². The summed E-state index contributed by atoms with van der Waals surface area (Å²) in [5.41, 5.74) is 2.52. The van der Waals surface area contributed by atoms with Crippen molar-refractivity contribution >= 4 is 0 Å². The van der Waals surface area contributed by atoms with Crippen LogP contribution < -0.4 is 0 Å². The minimum atomic E-state index is 0.214. The Morgan fingerprint density at radius 3 is 2.50 bits per heavy atom. The predicted molar refractivity (Wildman–Crippen MR) is 52.3 cm³/mol. The Morgan fingerprint density at radius 2 is 2.00 bits per heavy atom. The van der Waals surface area contributed by atoms with Gasteiger partial charge in [0.25, 0.3) is 0 Å². The van der Waals surface area contributed by atoms with Gasteiger partial charge in [0.2, 0.25) is 0 Å². The summed E-state index contributed by atoms with van der Waals surface area (Å²) >= 11 is 0. The lowest BCUT2D eigenvalue weighted by Crippen LogP contribution is -2.17.